The molecule has 2 aliphatic carbocycles. The van der Waals surface area contributed by atoms with Gasteiger partial charge in [0.1, 0.15) is 18.8 Å². The average Bonchev–Trinajstić information content (AvgIpc) is 3.47. The summed E-state index contributed by atoms with van der Waals surface area (Å²) in [6, 6.07) is 5.84. The number of carbonyl (C=O) groups is 2. The van der Waals surface area contributed by atoms with E-state index in [0.717, 1.165) is 42.7 Å². The number of ether oxygens (including phenoxy) is 2. The zero-order valence-corrected chi connectivity index (χ0v) is 15.1. The molecule has 0 saturated heterocycles. The van der Waals surface area contributed by atoms with Crippen LogP contribution in [0.2, 0.25) is 0 Å². The molecule has 1 aromatic carbocycles. The van der Waals surface area contributed by atoms with Gasteiger partial charge in [-0.1, -0.05) is 25.3 Å². The van der Waals surface area contributed by atoms with E-state index in [2.05, 4.69) is 0 Å². The fraction of sp³-hybridized carbons (Fsp3) is 0.600. The number of hydrogen-bond donors (Lipinski definition) is 1. The molecule has 2 atom stereocenters. The molecule has 6 heteroatoms. The van der Waals surface area contributed by atoms with E-state index in [-0.39, 0.29) is 17.7 Å². The minimum atomic E-state index is -1.03. The Morgan fingerprint density at radius 3 is 2.50 bits per heavy atom. The predicted octanol–water partition coefficient (Wildman–Crippen LogP) is 2.81. The highest BCUT2D eigenvalue weighted by atomic mass is 16.6. The number of hydrogen-bond acceptors (Lipinski definition) is 4. The lowest BCUT2D eigenvalue weighted by Gasteiger charge is -2.41. The first-order valence-corrected chi connectivity index (χ1v) is 9.43. The van der Waals surface area contributed by atoms with E-state index in [1.165, 1.54) is 4.90 Å². The number of fused-ring (bicyclic) bond motifs is 1. The van der Waals surface area contributed by atoms with Gasteiger partial charge in [0.15, 0.2) is 11.5 Å². The fourth-order valence-electron chi connectivity index (χ4n) is 4.42. The third kappa shape index (κ3) is 2.81. The van der Waals surface area contributed by atoms with Crippen LogP contribution in [0.25, 0.3) is 0 Å². The van der Waals surface area contributed by atoms with Crippen LogP contribution in [-0.4, -0.2) is 47.7 Å². The van der Waals surface area contributed by atoms with Crippen LogP contribution in [0.4, 0.5) is 0 Å². The van der Waals surface area contributed by atoms with Crippen molar-refractivity contribution in [2.24, 2.45) is 5.92 Å². The summed E-state index contributed by atoms with van der Waals surface area (Å²) in [5.41, 5.74) is 0.0314. The maximum atomic E-state index is 13.0. The van der Waals surface area contributed by atoms with E-state index in [1.54, 1.807) is 7.05 Å². The van der Waals surface area contributed by atoms with Crippen molar-refractivity contribution in [1.29, 1.82) is 0 Å². The first kappa shape index (κ1) is 17.2. The fourth-order valence-corrected chi connectivity index (χ4v) is 4.42. The molecule has 140 valence electrons. The van der Waals surface area contributed by atoms with Crippen LogP contribution < -0.4 is 9.47 Å². The maximum Gasteiger partial charge on any atom is 0.329 e. The lowest BCUT2D eigenvalue weighted by molar-refractivity contribution is -0.160. The zero-order chi connectivity index (χ0) is 18.3. The zero-order valence-electron chi connectivity index (χ0n) is 15.1. The number of aliphatic carboxylic acids is 1. The lowest BCUT2D eigenvalue weighted by Crippen LogP contribution is -2.56. The Morgan fingerprint density at radius 1 is 1.12 bits per heavy atom. The van der Waals surface area contributed by atoms with E-state index in [4.69, 9.17) is 9.47 Å². The third-order valence-electron chi connectivity index (χ3n) is 6.15. The van der Waals surface area contributed by atoms with Crippen LogP contribution in [0.5, 0.6) is 11.5 Å². The normalized spacial score (nSPS) is 26.0. The molecule has 0 aromatic heterocycles. The van der Waals surface area contributed by atoms with Crippen molar-refractivity contribution in [2.75, 3.05) is 20.3 Å². The van der Waals surface area contributed by atoms with Crippen LogP contribution in [0.3, 0.4) is 0 Å². The first-order valence-electron chi connectivity index (χ1n) is 9.43. The maximum absolute atomic E-state index is 13.0. The van der Waals surface area contributed by atoms with E-state index in [9.17, 15) is 14.7 Å². The second-order valence-electron chi connectivity index (χ2n) is 7.65. The summed E-state index contributed by atoms with van der Waals surface area (Å²) in [4.78, 5) is 26.5. The Labute approximate surface area is 153 Å². The van der Waals surface area contributed by atoms with Gasteiger partial charge in [-0.05, 0) is 42.9 Å². The summed E-state index contributed by atoms with van der Waals surface area (Å²) in [6.45, 7) is 1.09. The largest absolute Gasteiger partial charge is 0.486 e. The topological polar surface area (TPSA) is 76.1 Å². The highest BCUT2D eigenvalue weighted by Crippen LogP contribution is 2.51. The molecule has 4 rings (SSSR count). The van der Waals surface area contributed by atoms with Gasteiger partial charge >= 0.3 is 5.97 Å². The number of likely N-dealkylation sites (N-methyl/N-ethyl adjacent to an activating group) is 1. The summed E-state index contributed by atoms with van der Waals surface area (Å²) < 4.78 is 11.2. The first-order chi connectivity index (χ1) is 12.5. The van der Waals surface area contributed by atoms with Crippen molar-refractivity contribution >= 4 is 11.9 Å². The Kier molecular flexibility index (Phi) is 4.29. The van der Waals surface area contributed by atoms with Gasteiger partial charge in [0.05, 0.1) is 0 Å². The molecule has 1 aromatic rings. The van der Waals surface area contributed by atoms with Crippen LogP contribution >= 0.6 is 0 Å². The molecule has 1 N–H and O–H groups in total. The van der Waals surface area contributed by atoms with Crippen LogP contribution in [0.1, 0.15) is 50.0 Å². The molecule has 2 saturated carbocycles. The van der Waals surface area contributed by atoms with Crippen LogP contribution in [0, 0.1) is 5.92 Å². The molecule has 2 fully saturated rings. The third-order valence-corrected chi connectivity index (χ3v) is 6.15. The van der Waals surface area contributed by atoms with Gasteiger partial charge in [0.2, 0.25) is 5.91 Å². The Bertz CT molecular complexity index is 725. The van der Waals surface area contributed by atoms with Crippen LogP contribution in [-0.2, 0) is 9.59 Å². The number of rotatable bonds is 4. The smallest absolute Gasteiger partial charge is 0.329 e. The highest BCUT2D eigenvalue weighted by Gasteiger charge is 2.52. The molecule has 2 unspecified atom stereocenters. The average molecular weight is 359 g/mol. The van der Waals surface area contributed by atoms with Crippen molar-refractivity contribution in [3.8, 4) is 11.5 Å². The number of amides is 1. The van der Waals surface area contributed by atoms with E-state index >= 15 is 0 Å². The minimum absolute atomic E-state index is 0.0470. The van der Waals surface area contributed by atoms with Crippen molar-refractivity contribution < 1.29 is 24.2 Å². The standard InChI is InChI=1S/C20H25NO5/c1-21(20(19(23)24)7-3-2-4-8-20)18(22)15-12-14(15)13-5-6-16-17(11-13)26-10-9-25-16/h5-6,11,14-15H,2-4,7-10,12H2,1H3,(H,23,24). The molecule has 0 spiro atoms. The van der Waals surface area contributed by atoms with Crippen molar-refractivity contribution in [3.05, 3.63) is 23.8 Å². The van der Waals surface area contributed by atoms with Gasteiger partial charge in [0, 0.05) is 13.0 Å². The molecule has 1 amide bonds. The van der Waals surface area contributed by atoms with Gasteiger partial charge < -0.3 is 19.5 Å². The molecular weight excluding hydrogens is 334 g/mol. The number of benzene rings is 1. The number of nitrogens with zero attached hydrogens (tertiary/aromatic N) is 1. The molecule has 0 bridgehead atoms. The van der Waals surface area contributed by atoms with Crippen LogP contribution in [0.15, 0.2) is 18.2 Å². The second-order valence-corrected chi connectivity index (χ2v) is 7.65. The summed E-state index contributed by atoms with van der Waals surface area (Å²) in [5.74, 6) is 0.553. The molecule has 0 radical (unpaired) electrons. The molecule has 6 nitrogen and oxygen atoms in total. The van der Waals surface area contributed by atoms with Crippen molar-refractivity contribution in [1.82, 2.24) is 4.90 Å². The molecule has 1 heterocycles. The van der Waals surface area contributed by atoms with Gasteiger partial charge in [-0.2, -0.15) is 0 Å². The van der Waals surface area contributed by atoms with Gasteiger partial charge in [-0.25, -0.2) is 4.79 Å². The molecule has 1 aliphatic heterocycles. The summed E-state index contributed by atoms with van der Waals surface area (Å²) in [6.07, 6.45) is 4.62. The number of carboxylic acids is 1. The second kappa shape index (κ2) is 6.49. The van der Waals surface area contributed by atoms with Gasteiger partial charge in [-0.3, -0.25) is 4.79 Å². The summed E-state index contributed by atoms with van der Waals surface area (Å²) in [7, 11) is 1.67. The van der Waals surface area contributed by atoms with Crippen molar-refractivity contribution in [3.63, 3.8) is 0 Å². The van der Waals surface area contributed by atoms with E-state index < -0.39 is 11.5 Å². The Balaban J connectivity index is 1.49. The van der Waals surface area contributed by atoms with Crippen molar-refractivity contribution in [2.45, 2.75) is 50.0 Å². The Morgan fingerprint density at radius 2 is 1.81 bits per heavy atom. The lowest BCUT2D eigenvalue weighted by atomic mass is 9.80. The minimum Gasteiger partial charge on any atom is -0.486 e. The molecular formula is C20H25NO5. The predicted molar refractivity (Wildman–Crippen MR) is 94.5 cm³/mol. The molecule has 26 heavy (non-hydrogen) atoms. The monoisotopic (exact) mass is 359 g/mol. The SMILES string of the molecule is CN(C(=O)C1CC1c1ccc2c(c1)OCCO2)C1(C(=O)O)CCCCC1. The van der Waals surface area contributed by atoms with Gasteiger partial charge in [0.25, 0.3) is 0 Å². The summed E-state index contributed by atoms with van der Waals surface area (Å²) >= 11 is 0. The number of carboxylic acid groups (broad SMARTS) is 1. The highest BCUT2D eigenvalue weighted by molar-refractivity contribution is 5.90. The molecule has 3 aliphatic rings. The quantitative estimate of drug-likeness (QED) is 0.895. The van der Waals surface area contributed by atoms with E-state index in [1.807, 2.05) is 18.2 Å². The Hall–Kier alpha value is -2.24. The van der Waals surface area contributed by atoms with Gasteiger partial charge in [-0.15, -0.1) is 0 Å². The summed E-state index contributed by atoms with van der Waals surface area (Å²) in [5, 5.41) is 9.80. The van der Waals surface area contributed by atoms with E-state index in [0.29, 0.717) is 26.1 Å². The number of carbonyl (C=O) groups excluding carboxylic acids is 1.